The first-order valence-corrected chi connectivity index (χ1v) is 12.4. The van der Waals surface area contributed by atoms with Crippen LogP contribution in [0.4, 0.5) is 0 Å². The zero-order valence-corrected chi connectivity index (χ0v) is 18.5. The number of carbonyl (C=O) groups is 1. The molecule has 0 N–H and O–H groups in total. The van der Waals surface area contributed by atoms with Crippen molar-refractivity contribution in [1.82, 2.24) is 4.90 Å². The van der Waals surface area contributed by atoms with E-state index in [4.69, 9.17) is 9.47 Å². The van der Waals surface area contributed by atoms with Crippen molar-refractivity contribution in [1.29, 1.82) is 0 Å². The fourth-order valence-electron chi connectivity index (χ4n) is 4.56. The first-order chi connectivity index (χ1) is 14.8. The molecule has 3 heterocycles. The fourth-order valence-corrected chi connectivity index (χ4v) is 6.33. The van der Waals surface area contributed by atoms with Gasteiger partial charge in [-0.25, -0.2) is 8.42 Å². The SMILES string of the molecule is CCc1ccc(/C=C2\Oc3c(cc4c(c3C)OCN(C3CCS(=O)(=O)C3)C4)C2=O)cc1. The Hall–Kier alpha value is -2.64. The minimum Gasteiger partial charge on any atom is -0.477 e. The van der Waals surface area contributed by atoms with Gasteiger partial charge in [0.1, 0.15) is 18.2 Å². The van der Waals surface area contributed by atoms with Crippen LogP contribution in [0.15, 0.2) is 36.1 Å². The summed E-state index contributed by atoms with van der Waals surface area (Å²) in [5.74, 6) is 1.85. The molecule has 0 aromatic heterocycles. The summed E-state index contributed by atoms with van der Waals surface area (Å²) in [7, 11) is -2.97. The van der Waals surface area contributed by atoms with Crippen molar-refractivity contribution in [3.63, 3.8) is 0 Å². The van der Waals surface area contributed by atoms with Crippen LogP contribution in [-0.2, 0) is 22.8 Å². The monoisotopic (exact) mass is 439 g/mol. The maximum atomic E-state index is 13.1. The van der Waals surface area contributed by atoms with Gasteiger partial charge in [-0.2, -0.15) is 0 Å². The van der Waals surface area contributed by atoms with Crippen molar-refractivity contribution >= 4 is 21.7 Å². The lowest BCUT2D eigenvalue weighted by molar-refractivity contribution is 0.0637. The molecule has 0 saturated carbocycles. The van der Waals surface area contributed by atoms with Gasteiger partial charge in [0.15, 0.2) is 15.6 Å². The number of hydrogen-bond acceptors (Lipinski definition) is 6. The van der Waals surface area contributed by atoms with Gasteiger partial charge < -0.3 is 9.47 Å². The summed E-state index contributed by atoms with van der Waals surface area (Å²) in [6.07, 6.45) is 3.36. The molecule has 5 rings (SSSR count). The number of fused-ring (bicyclic) bond motifs is 2. The molecule has 0 amide bonds. The Morgan fingerprint density at radius 2 is 1.97 bits per heavy atom. The summed E-state index contributed by atoms with van der Waals surface area (Å²) in [4.78, 5) is 15.1. The molecule has 31 heavy (non-hydrogen) atoms. The number of nitrogens with zero attached hydrogens (tertiary/aromatic N) is 1. The molecule has 6 nitrogen and oxygen atoms in total. The Bertz CT molecular complexity index is 1200. The third-order valence-corrected chi connectivity index (χ3v) is 8.13. The van der Waals surface area contributed by atoms with Crippen LogP contribution in [0.3, 0.4) is 0 Å². The quantitative estimate of drug-likeness (QED) is 0.682. The van der Waals surface area contributed by atoms with Crippen molar-refractivity contribution in [3.8, 4) is 11.5 Å². The highest BCUT2D eigenvalue weighted by Gasteiger charge is 2.37. The van der Waals surface area contributed by atoms with E-state index in [1.807, 2.05) is 30.0 Å². The summed E-state index contributed by atoms with van der Waals surface area (Å²) in [5, 5.41) is 0. The van der Waals surface area contributed by atoms with Crippen LogP contribution < -0.4 is 9.47 Å². The molecule has 0 bridgehead atoms. The van der Waals surface area contributed by atoms with Crippen LogP contribution >= 0.6 is 0 Å². The van der Waals surface area contributed by atoms with Gasteiger partial charge in [0.05, 0.1) is 17.1 Å². The Labute approximate surface area is 182 Å². The number of rotatable bonds is 3. The largest absolute Gasteiger partial charge is 0.477 e. The molecule has 0 spiro atoms. The van der Waals surface area contributed by atoms with Gasteiger partial charge in [-0.1, -0.05) is 31.2 Å². The predicted molar refractivity (Wildman–Crippen MR) is 118 cm³/mol. The first-order valence-electron chi connectivity index (χ1n) is 10.6. The van der Waals surface area contributed by atoms with E-state index < -0.39 is 9.84 Å². The summed E-state index contributed by atoms with van der Waals surface area (Å²) in [6.45, 7) is 4.91. The third-order valence-electron chi connectivity index (χ3n) is 6.38. The fraction of sp³-hybridized carbons (Fsp3) is 0.375. The maximum Gasteiger partial charge on any atom is 0.231 e. The molecule has 1 fully saturated rings. The van der Waals surface area contributed by atoms with E-state index >= 15 is 0 Å². The molecule has 0 radical (unpaired) electrons. The topological polar surface area (TPSA) is 72.9 Å². The van der Waals surface area contributed by atoms with Crippen LogP contribution in [0.2, 0.25) is 0 Å². The highest BCUT2D eigenvalue weighted by Crippen LogP contribution is 2.43. The van der Waals surface area contributed by atoms with Gasteiger partial charge in [0, 0.05) is 23.7 Å². The van der Waals surface area contributed by atoms with Crippen LogP contribution in [-0.4, -0.2) is 43.4 Å². The van der Waals surface area contributed by atoms with Gasteiger partial charge in [0.2, 0.25) is 5.78 Å². The molecule has 1 unspecified atom stereocenters. The number of ether oxygens (including phenoxy) is 2. The number of hydrogen-bond donors (Lipinski definition) is 0. The molecular weight excluding hydrogens is 414 g/mol. The highest BCUT2D eigenvalue weighted by atomic mass is 32.2. The van der Waals surface area contributed by atoms with Crippen LogP contribution in [0.1, 0.15) is 46.0 Å². The second-order valence-corrected chi connectivity index (χ2v) is 10.7. The van der Waals surface area contributed by atoms with Crippen LogP contribution in [0.25, 0.3) is 6.08 Å². The van der Waals surface area contributed by atoms with Crippen molar-refractivity contribution in [2.75, 3.05) is 18.2 Å². The van der Waals surface area contributed by atoms with E-state index in [0.29, 0.717) is 36.8 Å². The maximum absolute atomic E-state index is 13.1. The third kappa shape index (κ3) is 3.66. The number of benzene rings is 2. The number of Topliss-reactive ketones (excluding diaryl/α,β-unsaturated/α-hetero) is 1. The summed E-state index contributed by atoms with van der Waals surface area (Å²) < 4.78 is 35.7. The molecule has 0 aliphatic carbocycles. The summed E-state index contributed by atoms with van der Waals surface area (Å²) >= 11 is 0. The molecule has 1 atom stereocenters. The molecule has 7 heteroatoms. The molecule has 3 aliphatic heterocycles. The Kier molecular flexibility index (Phi) is 4.90. The van der Waals surface area contributed by atoms with Gasteiger partial charge in [0.25, 0.3) is 0 Å². The van der Waals surface area contributed by atoms with Crippen LogP contribution in [0, 0.1) is 6.92 Å². The Morgan fingerprint density at radius 1 is 1.19 bits per heavy atom. The van der Waals surface area contributed by atoms with E-state index in [1.54, 1.807) is 6.08 Å². The standard InChI is InChI=1S/C24H25NO5S/c1-3-16-4-6-17(7-5-16)10-21-22(26)20-11-18-12-25(19-8-9-31(27,28)13-19)14-29-23(18)15(2)24(20)30-21/h4-7,10-11,19H,3,8-9,12-14H2,1-2H3/b21-10-. The molecule has 3 aliphatic rings. The molecule has 1 saturated heterocycles. The zero-order chi connectivity index (χ0) is 21.8. The zero-order valence-electron chi connectivity index (χ0n) is 17.7. The molecule has 2 aromatic carbocycles. The molecular formula is C24H25NO5S. The minimum absolute atomic E-state index is 0.0415. The van der Waals surface area contributed by atoms with Crippen molar-refractivity contribution in [2.24, 2.45) is 0 Å². The number of sulfone groups is 1. The van der Waals surface area contributed by atoms with E-state index in [1.165, 1.54) is 5.56 Å². The number of allylic oxidation sites excluding steroid dienone is 1. The van der Waals surface area contributed by atoms with Gasteiger partial charge in [-0.3, -0.25) is 9.69 Å². The average Bonchev–Trinajstić information content (AvgIpc) is 3.28. The average molecular weight is 440 g/mol. The minimum atomic E-state index is -2.97. The number of ketones is 1. The number of aryl methyl sites for hydroxylation is 1. The van der Waals surface area contributed by atoms with Gasteiger partial charge >= 0.3 is 0 Å². The lowest BCUT2D eigenvalue weighted by Gasteiger charge is -2.33. The van der Waals surface area contributed by atoms with E-state index in [0.717, 1.165) is 28.9 Å². The Balaban J connectivity index is 1.43. The molecule has 162 valence electrons. The second-order valence-electron chi connectivity index (χ2n) is 8.48. The van der Waals surface area contributed by atoms with Crippen molar-refractivity contribution in [2.45, 2.75) is 39.3 Å². The van der Waals surface area contributed by atoms with E-state index in [9.17, 15) is 13.2 Å². The highest BCUT2D eigenvalue weighted by molar-refractivity contribution is 7.91. The molecule has 2 aromatic rings. The van der Waals surface area contributed by atoms with Gasteiger partial charge in [-0.15, -0.1) is 0 Å². The smallest absolute Gasteiger partial charge is 0.231 e. The van der Waals surface area contributed by atoms with Crippen molar-refractivity contribution < 1.29 is 22.7 Å². The van der Waals surface area contributed by atoms with Gasteiger partial charge in [-0.05, 0) is 43.0 Å². The van der Waals surface area contributed by atoms with E-state index in [2.05, 4.69) is 19.1 Å². The Morgan fingerprint density at radius 3 is 2.65 bits per heavy atom. The lowest BCUT2D eigenvalue weighted by atomic mass is 9.99. The van der Waals surface area contributed by atoms with E-state index in [-0.39, 0.29) is 23.3 Å². The lowest BCUT2D eigenvalue weighted by Crippen LogP contribution is -2.41. The van der Waals surface area contributed by atoms with Crippen molar-refractivity contribution in [3.05, 3.63) is 63.9 Å². The second kappa shape index (κ2) is 7.50. The summed E-state index contributed by atoms with van der Waals surface area (Å²) in [6, 6.07) is 9.87. The normalized spacial score (nSPS) is 23.4. The predicted octanol–water partition coefficient (Wildman–Crippen LogP) is 3.51. The first kappa shape index (κ1) is 20.3. The summed E-state index contributed by atoms with van der Waals surface area (Å²) in [5.41, 5.74) is 4.41. The number of carbonyl (C=O) groups excluding carboxylic acids is 1. The van der Waals surface area contributed by atoms with Crippen LogP contribution in [0.5, 0.6) is 11.5 Å².